The summed E-state index contributed by atoms with van der Waals surface area (Å²) < 4.78 is 0. The molecule has 0 N–H and O–H groups in total. The van der Waals surface area contributed by atoms with Crippen molar-refractivity contribution in [1.82, 2.24) is 0 Å². The monoisotopic (exact) mass is 154 g/mol. The van der Waals surface area contributed by atoms with Crippen molar-refractivity contribution in [2.24, 2.45) is 0 Å². The highest BCUT2D eigenvalue weighted by Gasteiger charge is 2.28. The number of allylic oxidation sites excluding steroid dienone is 1. The van der Waals surface area contributed by atoms with Gasteiger partial charge in [-0.15, -0.1) is 6.58 Å². The smallest absolute Gasteiger partial charge is 0.240 e. The SMILES string of the molecule is C=CCC(=[N+]=[N-])[Si](C)(C)C. The van der Waals surface area contributed by atoms with Crippen LogP contribution in [0.4, 0.5) is 0 Å². The average molecular weight is 154 g/mol. The molecule has 0 bridgehead atoms. The van der Waals surface area contributed by atoms with E-state index >= 15 is 0 Å². The van der Waals surface area contributed by atoms with E-state index in [1.807, 2.05) is 0 Å². The van der Waals surface area contributed by atoms with Gasteiger partial charge in [0.25, 0.3) is 0 Å². The van der Waals surface area contributed by atoms with E-state index in [1.165, 1.54) is 0 Å². The van der Waals surface area contributed by atoms with Crippen molar-refractivity contribution in [2.45, 2.75) is 26.1 Å². The highest BCUT2D eigenvalue weighted by atomic mass is 28.3. The van der Waals surface area contributed by atoms with Crippen LogP contribution in [0.25, 0.3) is 5.53 Å². The van der Waals surface area contributed by atoms with E-state index in [-0.39, 0.29) is 0 Å². The molecule has 0 amide bonds. The molecule has 0 saturated carbocycles. The Hall–Kier alpha value is -0.663. The predicted octanol–water partition coefficient (Wildman–Crippen LogP) is 2.11. The van der Waals surface area contributed by atoms with Gasteiger partial charge in [-0.2, -0.15) is 4.79 Å². The molecule has 0 aliphatic heterocycles. The van der Waals surface area contributed by atoms with Crippen LogP contribution in [0.3, 0.4) is 0 Å². The molecule has 10 heavy (non-hydrogen) atoms. The molecule has 0 aromatic rings. The van der Waals surface area contributed by atoms with Crippen molar-refractivity contribution < 1.29 is 4.79 Å². The Morgan fingerprint density at radius 2 is 2.10 bits per heavy atom. The van der Waals surface area contributed by atoms with Crippen molar-refractivity contribution in [2.75, 3.05) is 0 Å². The summed E-state index contributed by atoms with van der Waals surface area (Å²) in [7, 11) is -1.38. The minimum atomic E-state index is -1.38. The number of rotatable bonds is 3. The summed E-state index contributed by atoms with van der Waals surface area (Å²) in [6.07, 6.45) is 2.49. The summed E-state index contributed by atoms with van der Waals surface area (Å²) in [5, 5.41) is 0.905. The van der Waals surface area contributed by atoms with Crippen LogP contribution in [0.15, 0.2) is 12.7 Å². The second-order valence-electron chi connectivity index (χ2n) is 3.29. The Balaban J connectivity index is 4.39. The van der Waals surface area contributed by atoms with Gasteiger partial charge < -0.3 is 5.53 Å². The summed E-state index contributed by atoms with van der Waals surface area (Å²) in [6.45, 7) is 10.0. The van der Waals surface area contributed by atoms with Gasteiger partial charge in [-0.05, 0) is 0 Å². The van der Waals surface area contributed by atoms with Gasteiger partial charge in [0.15, 0.2) is 8.07 Å². The molecule has 0 aliphatic carbocycles. The zero-order chi connectivity index (χ0) is 8.20. The highest BCUT2D eigenvalue weighted by Crippen LogP contribution is 2.04. The molecule has 0 radical (unpaired) electrons. The lowest BCUT2D eigenvalue weighted by Crippen LogP contribution is -2.33. The van der Waals surface area contributed by atoms with Crippen LogP contribution in [0.1, 0.15) is 6.42 Å². The molecule has 0 atom stereocenters. The van der Waals surface area contributed by atoms with E-state index in [0.717, 1.165) is 5.33 Å². The van der Waals surface area contributed by atoms with Crippen molar-refractivity contribution in [1.29, 1.82) is 0 Å². The third kappa shape index (κ3) is 2.76. The lowest BCUT2D eigenvalue weighted by Gasteiger charge is -2.06. The molecule has 0 aliphatic rings. The first-order valence-corrected chi connectivity index (χ1v) is 6.84. The van der Waals surface area contributed by atoms with Crippen LogP contribution in [-0.2, 0) is 0 Å². The van der Waals surface area contributed by atoms with E-state index < -0.39 is 8.07 Å². The lowest BCUT2D eigenvalue weighted by atomic mass is 10.5. The predicted molar refractivity (Wildman–Crippen MR) is 46.8 cm³/mol. The van der Waals surface area contributed by atoms with Crippen molar-refractivity contribution in [3.8, 4) is 0 Å². The average Bonchev–Trinajstić information content (AvgIpc) is 1.80. The van der Waals surface area contributed by atoms with E-state index in [0.29, 0.717) is 6.42 Å². The van der Waals surface area contributed by atoms with Gasteiger partial charge >= 0.3 is 0 Å². The first-order valence-electron chi connectivity index (χ1n) is 3.34. The molecule has 0 aromatic heterocycles. The number of nitrogens with zero attached hydrogens (tertiary/aromatic N) is 2. The Bertz CT molecular complexity index is 173. The van der Waals surface area contributed by atoms with Crippen LogP contribution < -0.4 is 0 Å². The van der Waals surface area contributed by atoms with Gasteiger partial charge in [0, 0.05) is 0 Å². The minimum absolute atomic E-state index is 0.715. The highest BCUT2D eigenvalue weighted by molar-refractivity contribution is 7.03. The van der Waals surface area contributed by atoms with Crippen LogP contribution in [0.2, 0.25) is 19.6 Å². The van der Waals surface area contributed by atoms with Gasteiger partial charge in [0.1, 0.15) is 0 Å². The van der Waals surface area contributed by atoms with Gasteiger partial charge in [-0.25, -0.2) is 0 Å². The third-order valence-corrected chi connectivity index (χ3v) is 3.36. The van der Waals surface area contributed by atoms with Crippen LogP contribution >= 0.6 is 0 Å². The van der Waals surface area contributed by atoms with E-state index in [1.54, 1.807) is 6.08 Å². The summed E-state index contributed by atoms with van der Waals surface area (Å²) in [4.78, 5) is 3.26. The molecule has 0 saturated heterocycles. The Morgan fingerprint density at radius 3 is 2.20 bits per heavy atom. The van der Waals surface area contributed by atoms with Crippen LogP contribution in [0, 0.1) is 0 Å². The van der Waals surface area contributed by atoms with Crippen molar-refractivity contribution >= 4 is 13.4 Å². The van der Waals surface area contributed by atoms with Gasteiger partial charge in [-0.3, -0.25) is 0 Å². The Labute approximate surface area is 63.2 Å². The number of hydrogen-bond acceptors (Lipinski definition) is 0. The molecule has 0 spiro atoms. The quantitative estimate of drug-likeness (QED) is 0.196. The Morgan fingerprint density at radius 1 is 1.60 bits per heavy atom. The molecular formula is C7H14N2Si. The molecular weight excluding hydrogens is 140 g/mol. The largest absolute Gasteiger partial charge is 0.362 e. The zero-order valence-corrected chi connectivity index (χ0v) is 7.89. The van der Waals surface area contributed by atoms with Gasteiger partial charge in [0.2, 0.25) is 5.33 Å². The van der Waals surface area contributed by atoms with Crippen LogP contribution in [-0.4, -0.2) is 18.2 Å². The van der Waals surface area contributed by atoms with E-state index in [2.05, 4.69) is 31.0 Å². The molecule has 0 heterocycles. The minimum Gasteiger partial charge on any atom is -0.362 e. The first-order chi connectivity index (χ1) is 4.52. The molecule has 0 unspecified atom stereocenters. The fourth-order valence-corrected chi connectivity index (χ4v) is 1.69. The second-order valence-corrected chi connectivity index (χ2v) is 8.37. The standard InChI is InChI=1S/C7H14N2Si/c1-5-6-7(9-8)10(2,3)4/h5H,1,6H2,2-4H3. The Kier molecular flexibility index (Phi) is 3.26. The summed E-state index contributed by atoms with van der Waals surface area (Å²) in [6, 6.07) is 0. The maximum atomic E-state index is 8.57. The van der Waals surface area contributed by atoms with E-state index in [9.17, 15) is 0 Å². The molecule has 0 rings (SSSR count). The van der Waals surface area contributed by atoms with Gasteiger partial charge in [-0.1, -0.05) is 25.7 Å². The van der Waals surface area contributed by atoms with Gasteiger partial charge in [0.05, 0.1) is 6.42 Å². The molecule has 0 aromatic carbocycles. The van der Waals surface area contributed by atoms with Crippen LogP contribution in [0.5, 0.6) is 0 Å². The zero-order valence-electron chi connectivity index (χ0n) is 6.89. The number of hydrogen-bond donors (Lipinski definition) is 0. The van der Waals surface area contributed by atoms with Crippen molar-refractivity contribution in [3.05, 3.63) is 18.2 Å². The molecule has 3 heteroatoms. The fraction of sp³-hybridized carbons (Fsp3) is 0.571. The van der Waals surface area contributed by atoms with Crippen molar-refractivity contribution in [3.63, 3.8) is 0 Å². The molecule has 0 fully saturated rings. The summed E-state index contributed by atoms with van der Waals surface area (Å²) in [5.41, 5.74) is 8.57. The topological polar surface area (TPSA) is 36.4 Å². The molecule has 56 valence electrons. The maximum absolute atomic E-state index is 8.57. The normalized spacial score (nSPS) is 10.3. The lowest BCUT2D eigenvalue weighted by molar-refractivity contribution is -0.00328. The maximum Gasteiger partial charge on any atom is 0.240 e. The summed E-state index contributed by atoms with van der Waals surface area (Å²) in [5.74, 6) is 0. The second kappa shape index (κ2) is 3.49. The first kappa shape index (κ1) is 9.34. The third-order valence-electron chi connectivity index (χ3n) is 1.32. The van der Waals surface area contributed by atoms with E-state index in [4.69, 9.17) is 5.53 Å². The summed E-state index contributed by atoms with van der Waals surface area (Å²) >= 11 is 0. The molecule has 2 nitrogen and oxygen atoms in total. The fourth-order valence-electron chi connectivity index (χ4n) is 0.634.